The Balaban J connectivity index is 2.17. The molecule has 5 nitrogen and oxygen atoms in total. The van der Waals surface area contributed by atoms with Crippen molar-refractivity contribution in [3.8, 4) is 0 Å². The molecule has 1 amide bonds. The number of nitrogens with zero attached hydrogens (tertiary/aromatic N) is 1. The number of benzene rings is 1. The van der Waals surface area contributed by atoms with Crippen molar-refractivity contribution in [1.29, 1.82) is 0 Å². The Morgan fingerprint density at radius 1 is 1.36 bits per heavy atom. The molecule has 0 spiro atoms. The van der Waals surface area contributed by atoms with Crippen molar-refractivity contribution in [2.75, 3.05) is 0 Å². The normalized spacial score (nSPS) is 12.0. The Morgan fingerprint density at radius 2 is 2.05 bits per heavy atom. The van der Waals surface area contributed by atoms with Crippen molar-refractivity contribution in [3.05, 3.63) is 61.3 Å². The summed E-state index contributed by atoms with van der Waals surface area (Å²) in [6, 6.07) is 3.56. The van der Waals surface area contributed by atoms with Gasteiger partial charge in [0.05, 0.1) is 20.7 Å². The number of carbonyl (C=O) groups is 1. The van der Waals surface area contributed by atoms with E-state index in [1.54, 1.807) is 13.8 Å². The second-order valence-corrected chi connectivity index (χ2v) is 5.93. The molecule has 0 aliphatic rings. The number of hydrogen-bond donors (Lipinski definition) is 1. The van der Waals surface area contributed by atoms with Crippen LogP contribution in [0.1, 0.15) is 33.1 Å². The molecule has 22 heavy (non-hydrogen) atoms. The third-order valence-corrected chi connectivity index (χ3v) is 4.13. The highest BCUT2D eigenvalue weighted by atomic mass is 32.1. The lowest BCUT2D eigenvalue weighted by Gasteiger charge is -2.14. The highest BCUT2D eigenvalue weighted by Gasteiger charge is 2.21. The number of nitrogens with one attached hydrogen (secondary N) is 1. The van der Waals surface area contributed by atoms with Gasteiger partial charge in [-0.3, -0.25) is 14.9 Å². The minimum absolute atomic E-state index is 0.129. The highest BCUT2D eigenvalue weighted by Crippen LogP contribution is 2.28. The van der Waals surface area contributed by atoms with Gasteiger partial charge in [-0.05, 0) is 19.9 Å². The van der Waals surface area contributed by atoms with Crippen molar-refractivity contribution in [3.63, 3.8) is 0 Å². The molecule has 1 unspecified atom stereocenters. The molecule has 0 aliphatic carbocycles. The van der Waals surface area contributed by atoms with E-state index < -0.39 is 28.5 Å². The zero-order valence-corrected chi connectivity index (χ0v) is 12.5. The predicted molar refractivity (Wildman–Crippen MR) is 77.9 cm³/mol. The summed E-state index contributed by atoms with van der Waals surface area (Å²) in [6.07, 6.45) is 0. The van der Waals surface area contributed by atoms with Gasteiger partial charge in [-0.15, -0.1) is 11.3 Å². The topological polar surface area (TPSA) is 72.2 Å². The average molecular weight is 326 g/mol. The van der Waals surface area contributed by atoms with Crippen LogP contribution in [0.3, 0.4) is 0 Å². The van der Waals surface area contributed by atoms with E-state index in [4.69, 9.17) is 0 Å². The number of carbonyl (C=O) groups excluding carboxylic acids is 1. The van der Waals surface area contributed by atoms with E-state index in [1.165, 1.54) is 12.1 Å². The molecule has 1 atom stereocenters. The maximum absolute atomic E-state index is 13.6. The Labute approximate surface area is 128 Å². The van der Waals surface area contributed by atoms with Gasteiger partial charge in [-0.2, -0.15) is 0 Å². The molecule has 0 saturated carbocycles. The average Bonchev–Trinajstić information content (AvgIpc) is 2.80. The van der Waals surface area contributed by atoms with Crippen molar-refractivity contribution >= 4 is 22.9 Å². The van der Waals surface area contributed by atoms with Crippen LogP contribution < -0.4 is 5.32 Å². The fourth-order valence-corrected chi connectivity index (χ4v) is 2.85. The predicted octanol–water partition coefficient (Wildman–Crippen LogP) is 3.73. The van der Waals surface area contributed by atoms with E-state index in [0.29, 0.717) is 4.88 Å². The number of halogens is 2. The fraction of sp³-hybridized carbons (Fsp3) is 0.214. The van der Waals surface area contributed by atoms with Gasteiger partial charge < -0.3 is 5.32 Å². The molecule has 2 rings (SSSR count). The second kappa shape index (κ2) is 6.18. The summed E-state index contributed by atoms with van der Waals surface area (Å²) in [5.74, 6) is -2.01. The van der Waals surface area contributed by atoms with E-state index in [2.05, 4.69) is 5.32 Å². The molecule has 0 fully saturated rings. The van der Waals surface area contributed by atoms with E-state index >= 15 is 0 Å². The molecule has 0 bridgehead atoms. The van der Waals surface area contributed by atoms with Crippen LogP contribution >= 0.6 is 11.3 Å². The summed E-state index contributed by atoms with van der Waals surface area (Å²) >= 11 is 0.987. The Kier molecular flexibility index (Phi) is 4.51. The van der Waals surface area contributed by atoms with Gasteiger partial charge >= 0.3 is 0 Å². The van der Waals surface area contributed by atoms with Crippen molar-refractivity contribution in [2.24, 2.45) is 0 Å². The third kappa shape index (κ3) is 3.28. The zero-order valence-electron chi connectivity index (χ0n) is 11.7. The highest BCUT2D eigenvalue weighted by molar-refractivity contribution is 7.14. The first-order valence-corrected chi connectivity index (χ1v) is 7.12. The standard InChI is InChI=1S/C14H12F2N2O3S/c1-7(10-4-3-9(15)5-11(10)16)17-14(19)13-6-12(18(20)21)8(2)22-13/h3-7H,1-2H3,(H,17,19). The Hall–Kier alpha value is -2.35. The number of amides is 1. The SMILES string of the molecule is Cc1sc(C(=O)NC(C)c2ccc(F)cc2F)cc1[N+](=O)[O-]. The fourth-order valence-electron chi connectivity index (χ4n) is 1.96. The molecule has 0 saturated heterocycles. The number of nitro groups is 1. The smallest absolute Gasteiger partial charge is 0.283 e. The van der Waals surface area contributed by atoms with Crippen LogP contribution in [0.2, 0.25) is 0 Å². The number of hydrogen-bond acceptors (Lipinski definition) is 4. The Morgan fingerprint density at radius 3 is 2.59 bits per heavy atom. The van der Waals surface area contributed by atoms with Gasteiger partial charge in [0.2, 0.25) is 0 Å². The third-order valence-electron chi connectivity index (χ3n) is 3.09. The number of rotatable bonds is 4. The van der Waals surface area contributed by atoms with Crippen molar-refractivity contribution in [1.82, 2.24) is 5.32 Å². The van der Waals surface area contributed by atoms with E-state index in [1.807, 2.05) is 0 Å². The largest absolute Gasteiger partial charge is 0.345 e. The molecule has 8 heteroatoms. The van der Waals surface area contributed by atoms with Gasteiger partial charge in [-0.1, -0.05) is 6.07 Å². The van der Waals surface area contributed by atoms with Crippen LogP contribution in [0.5, 0.6) is 0 Å². The van der Waals surface area contributed by atoms with Crippen molar-refractivity contribution in [2.45, 2.75) is 19.9 Å². The van der Waals surface area contributed by atoms with Gasteiger partial charge in [0.1, 0.15) is 11.6 Å². The van der Waals surface area contributed by atoms with Crippen LogP contribution in [-0.2, 0) is 0 Å². The molecular formula is C14H12F2N2O3S. The van der Waals surface area contributed by atoms with Gasteiger partial charge in [0.15, 0.2) is 0 Å². The van der Waals surface area contributed by atoms with Gasteiger partial charge in [-0.25, -0.2) is 8.78 Å². The lowest BCUT2D eigenvalue weighted by atomic mass is 10.1. The lowest BCUT2D eigenvalue weighted by Crippen LogP contribution is -2.26. The monoisotopic (exact) mass is 326 g/mol. The first-order chi connectivity index (χ1) is 10.3. The van der Waals surface area contributed by atoms with Crippen LogP contribution in [0, 0.1) is 28.7 Å². The summed E-state index contributed by atoms with van der Waals surface area (Å²) in [5.41, 5.74) is 0.00768. The molecule has 116 valence electrons. The summed E-state index contributed by atoms with van der Waals surface area (Å²) in [5, 5.41) is 13.3. The second-order valence-electron chi connectivity index (χ2n) is 4.67. The van der Waals surface area contributed by atoms with E-state index in [9.17, 15) is 23.7 Å². The van der Waals surface area contributed by atoms with Crippen molar-refractivity contribution < 1.29 is 18.5 Å². The van der Waals surface area contributed by atoms with Crippen LogP contribution in [0.15, 0.2) is 24.3 Å². The molecule has 2 aromatic rings. The van der Waals surface area contributed by atoms with Crippen LogP contribution in [-0.4, -0.2) is 10.8 Å². The molecular weight excluding hydrogens is 314 g/mol. The Bertz CT molecular complexity index is 746. The van der Waals surface area contributed by atoms with Gasteiger partial charge in [0.25, 0.3) is 11.6 Å². The quantitative estimate of drug-likeness (QED) is 0.687. The molecule has 0 aliphatic heterocycles. The molecule has 1 aromatic heterocycles. The van der Waals surface area contributed by atoms with E-state index in [0.717, 1.165) is 23.5 Å². The molecule has 1 N–H and O–H groups in total. The first-order valence-electron chi connectivity index (χ1n) is 6.30. The number of aryl methyl sites for hydroxylation is 1. The summed E-state index contributed by atoms with van der Waals surface area (Å²) in [7, 11) is 0. The first kappa shape index (κ1) is 16.0. The maximum atomic E-state index is 13.6. The van der Waals surface area contributed by atoms with E-state index in [-0.39, 0.29) is 16.1 Å². The van der Waals surface area contributed by atoms with Crippen LogP contribution in [0.4, 0.5) is 14.5 Å². The molecule has 1 aromatic carbocycles. The molecule has 0 radical (unpaired) electrons. The maximum Gasteiger partial charge on any atom is 0.283 e. The minimum atomic E-state index is -0.763. The lowest BCUT2D eigenvalue weighted by molar-refractivity contribution is -0.385. The summed E-state index contributed by atoms with van der Waals surface area (Å²) < 4.78 is 26.5. The van der Waals surface area contributed by atoms with Gasteiger partial charge in [0, 0.05) is 17.7 Å². The number of thiophene rings is 1. The zero-order chi connectivity index (χ0) is 16.4. The van der Waals surface area contributed by atoms with Crippen LogP contribution in [0.25, 0.3) is 0 Å². The summed E-state index contributed by atoms with van der Waals surface area (Å²) in [6.45, 7) is 3.09. The minimum Gasteiger partial charge on any atom is -0.345 e. The summed E-state index contributed by atoms with van der Waals surface area (Å²) in [4.78, 5) is 22.9. The molecule has 1 heterocycles.